The minimum atomic E-state index is -0.165. The van der Waals surface area contributed by atoms with Crippen LogP contribution in [-0.4, -0.2) is 36.4 Å². The Morgan fingerprint density at radius 2 is 2.19 bits per heavy atom. The number of carbonyl (C=O) groups excluding carboxylic acids is 1. The highest BCUT2D eigenvalue weighted by molar-refractivity contribution is 9.10. The molecule has 1 amide bonds. The maximum absolute atomic E-state index is 11.9. The average Bonchev–Trinajstić information content (AvgIpc) is 2.45. The van der Waals surface area contributed by atoms with Crippen LogP contribution in [0.2, 0.25) is 0 Å². The monoisotopic (exact) mass is 352 g/mol. The molecule has 0 atom stereocenters. The van der Waals surface area contributed by atoms with Gasteiger partial charge in [-0.15, -0.1) is 0 Å². The number of nitrogens with one attached hydrogen (secondary N) is 1. The summed E-state index contributed by atoms with van der Waals surface area (Å²) in [7, 11) is 0. The Morgan fingerprint density at radius 1 is 1.48 bits per heavy atom. The van der Waals surface area contributed by atoms with Crippen molar-refractivity contribution in [2.24, 2.45) is 16.6 Å². The highest BCUT2D eigenvalue weighted by Crippen LogP contribution is 2.16. The van der Waals surface area contributed by atoms with Gasteiger partial charge < -0.3 is 16.0 Å². The first-order valence-electron chi connectivity index (χ1n) is 7.15. The Labute approximate surface area is 133 Å². The van der Waals surface area contributed by atoms with E-state index >= 15 is 0 Å². The van der Waals surface area contributed by atoms with Crippen molar-refractivity contribution in [1.82, 2.24) is 4.90 Å². The molecular formula is C15H21BrN4O. The molecule has 2 rings (SSSR count). The maximum Gasteiger partial charge on any atom is 0.246 e. The molecule has 0 aliphatic carbocycles. The fourth-order valence-corrected chi connectivity index (χ4v) is 2.66. The van der Waals surface area contributed by atoms with E-state index in [2.05, 4.69) is 33.2 Å². The number of hydrogen-bond donors (Lipinski definition) is 2. The lowest BCUT2D eigenvalue weighted by atomic mass is 10.00. The van der Waals surface area contributed by atoms with Crippen molar-refractivity contribution in [1.29, 1.82) is 0 Å². The lowest BCUT2D eigenvalue weighted by molar-refractivity contribution is -0.114. The summed E-state index contributed by atoms with van der Waals surface area (Å²) in [5.41, 5.74) is 6.69. The van der Waals surface area contributed by atoms with E-state index in [0.29, 0.717) is 5.96 Å². The molecule has 114 valence electrons. The molecule has 0 aromatic heterocycles. The van der Waals surface area contributed by atoms with Crippen LogP contribution in [0, 0.1) is 5.92 Å². The first-order valence-corrected chi connectivity index (χ1v) is 7.94. The van der Waals surface area contributed by atoms with Gasteiger partial charge in [0.1, 0.15) is 6.54 Å². The number of piperidine rings is 1. The molecule has 1 aromatic carbocycles. The quantitative estimate of drug-likeness (QED) is 0.648. The lowest BCUT2D eigenvalue weighted by Crippen LogP contribution is -2.42. The summed E-state index contributed by atoms with van der Waals surface area (Å²) < 4.78 is 0.922. The number of likely N-dealkylation sites (tertiary alicyclic amines) is 1. The van der Waals surface area contributed by atoms with Crippen LogP contribution in [0.25, 0.3) is 0 Å². The first-order chi connectivity index (χ1) is 10.0. The van der Waals surface area contributed by atoms with Crippen molar-refractivity contribution < 1.29 is 4.79 Å². The highest BCUT2D eigenvalue weighted by Gasteiger charge is 2.17. The van der Waals surface area contributed by atoms with Crippen LogP contribution in [0.15, 0.2) is 33.7 Å². The summed E-state index contributed by atoms with van der Waals surface area (Å²) in [6, 6.07) is 7.45. The van der Waals surface area contributed by atoms with Crippen molar-refractivity contribution >= 4 is 33.5 Å². The molecule has 5 nitrogen and oxygen atoms in total. The second-order valence-electron chi connectivity index (χ2n) is 5.40. The van der Waals surface area contributed by atoms with E-state index in [9.17, 15) is 4.79 Å². The minimum Gasteiger partial charge on any atom is -0.370 e. The molecular weight excluding hydrogens is 332 g/mol. The molecule has 1 aromatic rings. The summed E-state index contributed by atoms with van der Waals surface area (Å²) in [5.74, 6) is 1.04. The number of benzene rings is 1. The Morgan fingerprint density at radius 3 is 2.86 bits per heavy atom. The van der Waals surface area contributed by atoms with Gasteiger partial charge in [-0.25, -0.2) is 4.99 Å². The number of carbonyl (C=O) groups is 1. The second-order valence-corrected chi connectivity index (χ2v) is 6.32. The van der Waals surface area contributed by atoms with Crippen LogP contribution in [-0.2, 0) is 4.79 Å². The molecule has 0 spiro atoms. The van der Waals surface area contributed by atoms with Gasteiger partial charge in [-0.2, -0.15) is 0 Å². The van der Waals surface area contributed by atoms with Gasteiger partial charge in [0.15, 0.2) is 5.96 Å². The summed E-state index contributed by atoms with van der Waals surface area (Å²) in [4.78, 5) is 18.1. The van der Waals surface area contributed by atoms with Gasteiger partial charge in [0.05, 0.1) is 0 Å². The number of amides is 1. The van der Waals surface area contributed by atoms with Crippen LogP contribution in [0.5, 0.6) is 0 Å². The van der Waals surface area contributed by atoms with E-state index in [1.807, 2.05) is 29.2 Å². The van der Waals surface area contributed by atoms with Crippen LogP contribution in [0.4, 0.5) is 5.69 Å². The largest absolute Gasteiger partial charge is 0.370 e. The minimum absolute atomic E-state index is 0.0460. The smallest absolute Gasteiger partial charge is 0.246 e. The van der Waals surface area contributed by atoms with Gasteiger partial charge in [-0.3, -0.25) is 4.79 Å². The average molecular weight is 353 g/mol. The zero-order valence-electron chi connectivity index (χ0n) is 12.2. The number of guanidine groups is 1. The third-order valence-electron chi connectivity index (χ3n) is 3.60. The zero-order valence-corrected chi connectivity index (χ0v) is 13.8. The lowest BCUT2D eigenvalue weighted by Gasteiger charge is -2.30. The van der Waals surface area contributed by atoms with Crippen molar-refractivity contribution in [3.63, 3.8) is 0 Å². The SMILES string of the molecule is CC1CCN(C(N)=NCC(=O)Nc2cccc(Br)c2)CC1. The summed E-state index contributed by atoms with van der Waals surface area (Å²) >= 11 is 3.37. The van der Waals surface area contributed by atoms with Gasteiger partial charge in [-0.1, -0.05) is 28.9 Å². The van der Waals surface area contributed by atoms with Gasteiger partial charge in [0.25, 0.3) is 0 Å². The molecule has 1 aliphatic rings. The number of aliphatic imine (C=N–C) groups is 1. The van der Waals surface area contributed by atoms with E-state index < -0.39 is 0 Å². The number of hydrogen-bond acceptors (Lipinski definition) is 2. The molecule has 1 saturated heterocycles. The van der Waals surface area contributed by atoms with Gasteiger partial charge >= 0.3 is 0 Å². The fraction of sp³-hybridized carbons (Fsp3) is 0.467. The van der Waals surface area contributed by atoms with E-state index in [0.717, 1.165) is 42.0 Å². The predicted octanol–water partition coefficient (Wildman–Crippen LogP) is 2.43. The van der Waals surface area contributed by atoms with Crippen molar-refractivity contribution in [2.75, 3.05) is 25.0 Å². The third kappa shape index (κ3) is 5.04. The Hall–Kier alpha value is -1.56. The Kier molecular flexibility index (Phi) is 5.61. The zero-order chi connectivity index (χ0) is 15.2. The van der Waals surface area contributed by atoms with Crippen LogP contribution < -0.4 is 11.1 Å². The number of rotatable bonds is 3. The van der Waals surface area contributed by atoms with Crippen LogP contribution in [0.1, 0.15) is 19.8 Å². The van der Waals surface area contributed by atoms with E-state index in [-0.39, 0.29) is 12.5 Å². The molecule has 0 unspecified atom stereocenters. The number of nitrogens with zero attached hydrogens (tertiary/aromatic N) is 2. The predicted molar refractivity (Wildman–Crippen MR) is 89.2 cm³/mol. The van der Waals surface area contributed by atoms with Gasteiger partial charge in [-0.05, 0) is 37.0 Å². The second kappa shape index (κ2) is 7.45. The topological polar surface area (TPSA) is 70.7 Å². The molecule has 1 fully saturated rings. The molecule has 1 heterocycles. The fourth-order valence-electron chi connectivity index (χ4n) is 2.26. The van der Waals surface area contributed by atoms with E-state index in [4.69, 9.17) is 5.73 Å². The molecule has 0 saturated carbocycles. The summed E-state index contributed by atoms with van der Waals surface area (Å²) in [6.07, 6.45) is 2.25. The van der Waals surface area contributed by atoms with Crippen molar-refractivity contribution in [3.05, 3.63) is 28.7 Å². The van der Waals surface area contributed by atoms with Crippen LogP contribution >= 0.6 is 15.9 Å². The number of nitrogens with two attached hydrogens (primary N) is 1. The summed E-state index contributed by atoms with van der Waals surface area (Å²) in [5, 5.41) is 2.80. The number of anilines is 1. The molecule has 6 heteroatoms. The standard InChI is InChI=1S/C15H21BrN4O/c1-11-5-7-20(8-6-11)15(17)18-10-14(21)19-13-4-2-3-12(16)9-13/h2-4,9,11H,5-8,10H2,1H3,(H2,17,18)(H,19,21). The van der Waals surface area contributed by atoms with E-state index in [1.54, 1.807) is 0 Å². The molecule has 0 bridgehead atoms. The maximum atomic E-state index is 11.9. The van der Waals surface area contributed by atoms with Crippen molar-refractivity contribution in [3.8, 4) is 0 Å². The van der Waals surface area contributed by atoms with Crippen LogP contribution in [0.3, 0.4) is 0 Å². The normalized spacial score (nSPS) is 16.9. The Balaban J connectivity index is 1.83. The molecule has 3 N–H and O–H groups in total. The third-order valence-corrected chi connectivity index (χ3v) is 4.09. The van der Waals surface area contributed by atoms with E-state index in [1.165, 1.54) is 0 Å². The van der Waals surface area contributed by atoms with Gasteiger partial charge in [0, 0.05) is 23.2 Å². The van der Waals surface area contributed by atoms with Crippen molar-refractivity contribution in [2.45, 2.75) is 19.8 Å². The summed E-state index contributed by atoms with van der Waals surface area (Å²) in [6.45, 7) is 4.13. The van der Waals surface area contributed by atoms with Gasteiger partial charge in [0.2, 0.25) is 5.91 Å². The highest BCUT2D eigenvalue weighted by atomic mass is 79.9. The first kappa shape index (κ1) is 15.8. The molecule has 21 heavy (non-hydrogen) atoms. The molecule has 1 aliphatic heterocycles. The molecule has 0 radical (unpaired) electrons. The number of halogens is 1. The Bertz CT molecular complexity index is 524.